The smallest absolute Gasteiger partial charge is 0.243 e. The molecule has 0 fully saturated rings. The van der Waals surface area contributed by atoms with Crippen LogP contribution in [0.5, 0.6) is 0 Å². The third-order valence-corrected chi connectivity index (χ3v) is 3.01. The molecule has 0 unspecified atom stereocenters. The Labute approximate surface area is 102 Å². The first-order valence-electron chi connectivity index (χ1n) is 5.54. The Morgan fingerprint density at radius 1 is 1.33 bits per heavy atom. The molecule has 94 valence electrons. The molecular weight excluding hydrogens is 236 g/mol. The fraction of sp³-hybridized carbons (Fsp3) is 0.500. The molecule has 1 aliphatic carbocycles. The molecule has 0 atom stereocenters. The van der Waals surface area contributed by atoms with Crippen molar-refractivity contribution in [3.8, 4) is 5.82 Å². The van der Waals surface area contributed by atoms with Crippen molar-refractivity contribution in [1.82, 2.24) is 25.3 Å². The predicted molar refractivity (Wildman–Crippen MR) is 60.1 cm³/mol. The second kappa shape index (κ2) is 3.37. The SMILES string of the molecule is CC1(C)CC(=O)c2nnn(-c3nonc3N)c2C1. The maximum atomic E-state index is 12.0. The summed E-state index contributed by atoms with van der Waals surface area (Å²) in [7, 11) is 0. The van der Waals surface area contributed by atoms with Crippen molar-refractivity contribution in [3.05, 3.63) is 11.4 Å². The standard InChI is InChI=1S/C10H12N6O2/c1-10(2)3-5-7(6(17)4-10)12-15-16(5)9-8(11)13-18-14-9/h3-4H2,1-2H3,(H2,11,13). The number of hydrogen-bond acceptors (Lipinski definition) is 7. The second-order valence-corrected chi connectivity index (χ2v) is 5.21. The largest absolute Gasteiger partial charge is 0.378 e. The van der Waals surface area contributed by atoms with Crippen molar-refractivity contribution in [2.24, 2.45) is 5.41 Å². The summed E-state index contributed by atoms with van der Waals surface area (Å²) in [5.41, 5.74) is 6.59. The zero-order valence-electron chi connectivity index (χ0n) is 10.0. The molecule has 2 aromatic rings. The van der Waals surface area contributed by atoms with Gasteiger partial charge in [0, 0.05) is 6.42 Å². The molecule has 2 N–H and O–H groups in total. The molecule has 0 saturated carbocycles. The number of ketones is 1. The highest BCUT2D eigenvalue weighted by atomic mass is 16.6. The van der Waals surface area contributed by atoms with Crippen molar-refractivity contribution < 1.29 is 9.42 Å². The Kier molecular flexibility index (Phi) is 2.04. The number of nitrogen functional groups attached to an aromatic ring is 1. The molecule has 0 saturated heterocycles. The number of Topliss-reactive ketones (excluding diaryl/α,β-unsaturated/α-hetero) is 1. The minimum absolute atomic E-state index is 0.0116. The fourth-order valence-electron chi connectivity index (χ4n) is 2.22. The van der Waals surface area contributed by atoms with E-state index in [4.69, 9.17) is 5.73 Å². The third kappa shape index (κ3) is 1.49. The Bertz CT molecular complexity index is 626. The molecule has 8 nitrogen and oxygen atoms in total. The molecule has 0 aromatic carbocycles. The van der Waals surface area contributed by atoms with E-state index in [-0.39, 0.29) is 22.8 Å². The van der Waals surface area contributed by atoms with E-state index in [1.807, 2.05) is 13.8 Å². The van der Waals surface area contributed by atoms with Gasteiger partial charge in [-0.25, -0.2) is 4.63 Å². The van der Waals surface area contributed by atoms with Gasteiger partial charge in [0.15, 0.2) is 11.5 Å². The molecule has 0 spiro atoms. The maximum absolute atomic E-state index is 12.0. The van der Waals surface area contributed by atoms with Gasteiger partial charge in [-0.3, -0.25) is 4.79 Å². The topological polar surface area (TPSA) is 113 Å². The summed E-state index contributed by atoms with van der Waals surface area (Å²) >= 11 is 0. The molecule has 0 bridgehead atoms. The minimum Gasteiger partial charge on any atom is -0.378 e. The monoisotopic (exact) mass is 248 g/mol. The Balaban J connectivity index is 2.16. The van der Waals surface area contributed by atoms with E-state index in [0.29, 0.717) is 24.2 Å². The van der Waals surface area contributed by atoms with Gasteiger partial charge < -0.3 is 5.73 Å². The van der Waals surface area contributed by atoms with Gasteiger partial charge in [-0.2, -0.15) is 4.68 Å². The molecule has 0 amide bonds. The van der Waals surface area contributed by atoms with Crippen LogP contribution in [0, 0.1) is 5.41 Å². The number of anilines is 1. The number of fused-ring (bicyclic) bond motifs is 1. The Morgan fingerprint density at radius 3 is 2.78 bits per heavy atom. The van der Waals surface area contributed by atoms with Crippen molar-refractivity contribution in [1.29, 1.82) is 0 Å². The zero-order chi connectivity index (χ0) is 12.9. The molecular formula is C10H12N6O2. The zero-order valence-corrected chi connectivity index (χ0v) is 10.0. The van der Waals surface area contributed by atoms with Gasteiger partial charge in [0.1, 0.15) is 0 Å². The number of nitrogens with zero attached hydrogens (tertiary/aromatic N) is 5. The van der Waals surface area contributed by atoms with Crippen LogP contribution >= 0.6 is 0 Å². The number of hydrogen-bond donors (Lipinski definition) is 1. The van der Waals surface area contributed by atoms with Gasteiger partial charge in [-0.05, 0) is 22.1 Å². The van der Waals surface area contributed by atoms with E-state index in [9.17, 15) is 4.79 Å². The molecule has 2 heterocycles. The average molecular weight is 248 g/mol. The summed E-state index contributed by atoms with van der Waals surface area (Å²) in [6, 6.07) is 0. The Morgan fingerprint density at radius 2 is 2.11 bits per heavy atom. The molecule has 8 heteroatoms. The van der Waals surface area contributed by atoms with E-state index >= 15 is 0 Å². The summed E-state index contributed by atoms with van der Waals surface area (Å²) < 4.78 is 5.97. The first kappa shape index (κ1) is 10.9. The number of nitrogens with two attached hydrogens (primary N) is 1. The summed E-state index contributed by atoms with van der Waals surface area (Å²) in [5, 5.41) is 15.0. The van der Waals surface area contributed by atoms with E-state index in [1.165, 1.54) is 4.68 Å². The van der Waals surface area contributed by atoms with E-state index in [2.05, 4.69) is 25.3 Å². The van der Waals surface area contributed by atoms with Crippen molar-refractivity contribution in [2.75, 3.05) is 5.73 Å². The molecule has 0 aliphatic heterocycles. The predicted octanol–water partition coefficient (Wildman–Crippen LogP) is 0.388. The maximum Gasteiger partial charge on any atom is 0.243 e. The van der Waals surface area contributed by atoms with Gasteiger partial charge in [0.05, 0.1) is 5.69 Å². The van der Waals surface area contributed by atoms with E-state index in [0.717, 1.165) is 0 Å². The van der Waals surface area contributed by atoms with Crippen LogP contribution in [0.15, 0.2) is 4.63 Å². The molecule has 0 radical (unpaired) electrons. The van der Waals surface area contributed by atoms with Crippen LogP contribution in [0.4, 0.5) is 5.82 Å². The number of carbonyl (C=O) groups excluding carboxylic acids is 1. The second-order valence-electron chi connectivity index (χ2n) is 5.21. The summed E-state index contributed by atoms with van der Waals surface area (Å²) in [6.45, 7) is 4.05. The van der Waals surface area contributed by atoms with Crippen LogP contribution in [0.3, 0.4) is 0 Å². The Hall–Kier alpha value is -2.25. The van der Waals surface area contributed by atoms with Crippen LogP contribution in [0.2, 0.25) is 0 Å². The number of rotatable bonds is 1. The normalized spacial score (nSPS) is 17.8. The van der Waals surface area contributed by atoms with Crippen LogP contribution in [0.25, 0.3) is 5.82 Å². The molecule has 1 aliphatic rings. The number of carbonyl (C=O) groups is 1. The quantitative estimate of drug-likeness (QED) is 0.776. The van der Waals surface area contributed by atoms with Gasteiger partial charge in [0.2, 0.25) is 11.6 Å². The first-order chi connectivity index (χ1) is 8.48. The minimum atomic E-state index is -0.129. The third-order valence-electron chi connectivity index (χ3n) is 3.01. The average Bonchev–Trinajstić information content (AvgIpc) is 2.82. The van der Waals surface area contributed by atoms with Crippen LogP contribution in [-0.2, 0) is 6.42 Å². The highest BCUT2D eigenvalue weighted by molar-refractivity contribution is 5.96. The van der Waals surface area contributed by atoms with Crippen molar-refractivity contribution in [2.45, 2.75) is 26.7 Å². The summed E-state index contributed by atoms with van der Waals surface area (Å²) in [4.78, 5) is 12.0. The van der Waals surface area contributed by atoms with Crippen LogP contribution < -0.4 is 5.73 Å². The lowest BCUT2D eigenvalue weighted by molar-refractivity contribution is 0.0905. The van der Waals surface area contributed by atoms with Crippen LogP contribution in [-0.4, -0.2) is 31.1 Å². The molecule has 2 aromatic heterocycles. The first-order valence-corrected chi connectivity index (χ1v) is 5.54. The fourth-order valence-corrected chi connectivity index (χ4v) is 2.22. The number of aromatic nitrogens is 5. The lowest BCUT2D eigenvalue weighted by Gasteiger charge is -2.27. The van der Waals surface area contributed by atoms with E-state index < -0.39 is 0 Å². The molecule has 3 rings (SSSR count). The van der Waals surface area contributed by atoms with E-state index in [1.54, 1.807) is 0 Å². The van der Waals surface area contributed by atoms with Gasteiger partial charge in [-0.1, -0.05) is 19.1 Å². The highest BCUT2D eigenvalue weighted by Gasteiger charge is 2.36. The van der Waals surface area contributed by atoms with Gasteiger partial charge in [0.25, 0.3) is 0 Å². The van der Waals surface area contributed by atoms with Crippen LogP contribution in [0.1, 0.15) is 36.5 Å². The van der Waals surface area contributed by atoms with Crippen molar-refractivity contribution >= 4 is 11.6 Å². The highest BCUT2D eigenvalue weighted by Crippen LogP contribution is 2.34. The lowest BCUT2D eigenvalue weighted by atomic mass is 9.77. The summed E-state index contributed by atoms with van der Waals surface area (Å²) in [6.07, 6.45) is 1.14. The van der Waals surface area contributed by atoms with Gasteiger partial charge >= 0.3 is 0 Å². The lowest BCUT2D eigenvalue weighted by Crippen LogP contribution is -2.28. The molecule has 18 heavy (non-hydrogen) atoms. The van der Waals surface area contributed by atoms with Gasteiger partial charge in [-0.15, -0.1) is 5.10 Å². The van der Waals surface area contributed by atoms with Crippen molar-refractivity contribution in [3.63, 3.8) is 0 Å². The summed E-state index contributed by atoms with van der Waals surface area (Å²) in [5.74, 6) is 0.385.